The van der Waals surface area contributed by atoms with Crippen LogP contribution in [0, 0.1) is 0 Å². The summed E-state index contributed by atoms with van der Waals surface area (Å²) < 4.78 is 1.69. The smallest absolute Gasteiger partial charge is 0.158 e. The normalized spacial score (nSPS) is 13.2. The van der Waals surface area contributed by atoms with Crippen LogP contribution in [0.3, 0.4) is 0 Å². The first-order chi connectivity index (χ1) is 7.65. The number of benzene rings is 1. The van der Waals surface area contributed by atoms with Gasteiger partial charge in [0.2, 0.25) is 0 Å². The van der Waals surface area contributed by atoms with Gasteiger partial charge in [0, 0.05) is 18.0 Å². The van der Waals surface area contributed by atoms with Crippen LogP contribution in [0.1, 0.15) is 18.1 Å². The molecule has 0 aliphatic rings. The van der Waals surface area contributed by atoms with Crippen LogP contribution in [0.15, 0.2) is 18.2 Å². The number of fused-ring (bicyclic) bond motifs is 1. The van der Waals surface area contributed by atoms with Crippen LogP contribution in [0.5, 0.6) is 0 Å². The molecule has 0 saturated carbocycles. The molecule has 0 radical (unpaired) electrons. The first-order valence-electron chi connectivity index (χ1n) is 5.14. The molecule has 1 unspecified atom stereocenters. The monoisotopic (exact) mass is 239 g/mol. The van der Waals surface area contributed by atoms with Crippen molar-refractivity contribution in [3.8, 4) is 0 Å². The zero-order valence-electron chi connectivity index (χ0n) is 9.02. The molecule has 0 aliphatic carbocycles. The molecule has 0 fully saturated rings. The molecule has 0 amide bonds. The molecule has 0 saturated heterocycles. The minimum atomic E-state index is -0.569. The highest BCUT2D eigenvalue weighted by Gasteiger charge is 2.15. The Hall–Kier alpha value is -1.10. The summed E-state index contributed by atoms with van der Waals surface area (Å²) in [7, 11) is 1.81. The third-order valence-corrected chi connectivity index (χ3v) is 2.93. The molecular formula is C11H14ClN3O. The Labute approximate surface area is 98.6 Å². The van der Waals surface area contributed by atoms with Crippen LogP contribution < -0.4 is 5.73 Å². The van der Waals surface area contributed by atoms with Gasteiger partial charge < -0.3 is 10.8 Å². The van der Waals surface area contributed by atoms with Crippen molar-refractivity contribution >= 4 is 22.5 Å². The number of nitrogens with two attached hydrogens (primary N) is 1. The predicted octanol–water partition coefficient (Wildman–Crippen LogP) is 1.61. The molecule has 0 aliphatic heterocycles. The van der Waals surface area contributed by atoms with Gasteiger partial charge in [-0.15, -0.1) is 0 Å². The Bertz CT molecular complexity index is 509. The van der Waals surface area contributed by atoms with Crippen LogP contribution in [0.25, 0.3) is 10.9 Å². The van der Waals surface area contributed by atoms with E-state index in [1.807, 2.05) is 25.2 Å². The van der Waals surface area contributed by atoms with E-state index in [1.165, 1.54) is 0 Å². The number of para-hydroxylation sites is 1. The Morgan fingerprint density at radius 1 is 1.56 bits per heavy atom. The number of halogens is 1. The summed E-state index contributed by atoms with van der Waals surface area (Å²) in [6.07, 6.45) is -0.0396. The lowest BCUT2D eigenvalue weighted by molar-refractivity contribution is 0.171. The standard InChI is InChI=1S/C11H14ClN3O/c1-15-10-7(9(16)5-6-13)3-2-4-8(10)11(12)14-15/h2-4,9,16H,5-6,13H2,1H3. The van der Waals surface area contributed by atoms with Gasteiger partial charge in [0.1, 0.15) is 0 Å². The van der Waals surface area contributed by atoms with E-state index in [2.05, 4.69) is 5.10 Å². The largest absolute Gasteiger partial charge is 0.388 e. The fourth-order valence-corrected chi connectivity index (χ4v) is 2.17. The lowest BCUT2D eigenvalue weighted by Crippen LogP contribution is -2.08. The van der Waals surface area contributed by atoms with Crippen molar-refractivity contribution in [2.45, 2.75) is 12.5 Å². The van der Waals surface area contributed by atoms with Gasteiger partial charge in [-0.3, -0.25) is 4.68 Å². The number of rotatable bonds is 3. The van der Waals surface area contributed by atoms with E-state index in [0.717, 1.165) is 16.5 Å². The number of aliphatic hydroxyl groups is 1. The maximum atomic E-state index is 9.99. The Morgan fingerprint density at radius 2 is 2.31 bits per heavy atom. The molecule has 1 heterocycles. The molecule has 4 nitrogen and oxygen atoms in total. The molecule has 3 N–H and O–H groups in total. The van der Waals surface area contributed by atoms with Crippen molar-refractivity contribution in [2.75, 3.05) is 6.54 Å². The molecule has 2 rings (SSSR count). The summed E-state index contributed by atoms with van der Waals surface area (Å²) >= 11 is 5.99. The third-order valence-electron chi connectivity index (χ3n) is 2.65. The van der Waals surface area contributed by atoms with Crippen molar-refractivity contribution < 1.29 is 5.11 Å². The van der Waals surface area contributed by atoms with E-state index in [-0.39, 0.29) is 0 Å². The van der Waals surface area contributed by atoms with Crippen LogP contribution >= 0.6 is 11.6 Å². The quantitative estimate of drug-likeness (QED) is 0.855. The van der Waals surface area contributed by atoms with Crippen molar-refractivity contribution in [3.05, 3.63) is 28.9 Å². The van der Waals surface area contributed by atoms with Crippen LogP contribution in [0.4, 0.5) is 0 Å². The summed E-state index contributed by atoms with van der Waals surface area (Å²) in [5.74, 6) is 0. The zero-order chi connectivity index (χ0) is 11.7. The zero-order valence-corrected chi connectivity index (χ0v) is 9.78. The highest BCUT2D eigenvalue weighted by Crippen LogP contribution is 2.29. The van der Waals surface area contributed by atoms with Crippen molar-refractivity contribution in [3.63, 3.8) is 0 Å². The highest BCUT2D eigenvalue weighted by atomic mass is 35.5. The maximum absolute atomic E-state index is 9.99. The molecule has 0 bridgehead atoms. The van der Waals surface area contributed by atoms with Crippen LogP contribution in [-0.4, -0.2) is 21.4 Å². The molecular weight excluding hydrogens is 226 g/mol. The van der Waals surface area contributed by atoms with Crippen LogP contribution in [0.2, 0.25) is 5.15 Å². The number of nitrogens with zero attached hydrogens (tertiary/aromatic N) is 2. The average Bonchev–Trinajstić information content (AvgIpc) is 2.55. The molecule has 86 valence electrons. The van der Waals surface area contributed by atoms with Crippen LogP contribution in [-0.2, 0) is 7.05 Å². The molecule has 5 heteroatoms. The minimum Gasteiger partial charge on any atom is -0.388 e. The van der Waals surface area contributed by atoms with Gasteiger partial charge in [0.15, 0.2) is 5.15 Å². The SMILES string of the molecule is Cn1nc(Cl)c2cccc(C(O)CCN)c21. The average molecular weight is 240 g/mol. The first kappa shape index (κ1) is 11.4. The molecule has 1 aromatic carbocycles. The van der Waals surface area contributed by atoms with Crippen molar-refractivity contribution in [2.24, 2.45) is 12.8 Å². The molecule has 16 heavy (non-hydrogen) atoms. The number of aromatic nitrogens is 2. The topological polar surface area (TPSA) is 64.1 Å². The Balaban J connectivity index is 2.61. The van der Waals surface area contributed by atoms with Gasteiger partial charge >= 0.3 is 0 Å². The first-order valence-corrected chi connectivity index (χ1v) is 5.52. The van der Waals surface area contributed by atoms with Gasteiger partial charge in [-0.1, -0.05) is 23.7 Å². The van der Waals surface area contributed by atoms with E-state index >= 15 is 0 Å². The lowest BCUT2D eigenvalue weighted by Gasteiger charge is -2.11. The van der Waals surface area contributed by atoms with Gasteiger partial charge in [-0.2, -0.15) is 5.10 Å². The Kier molecular flexibility index (Phi) is 3.14. The van der Waals surface area contributed by atoms with Gasteiger partial charge in [-0.05, 0) is 19.0 Å². The number of hydrogen-bond donors (Lipinski definition) is 2. The summed E-state index contributed by atoms with van der Waals surface area (Å²) in [6, 6.07) is 5.63. The van der Waals surface area contributed by atoms with E-state index in [9.17, 15) is 5.11 Å². The molecule has 1 aromatic heterocycles. The maximum Gasteiger partial charge on any atom is 0.158 e. The summed E-state index contributed by atoms with van der Waals surface area (Å²) in [5.41, 5.74) is 7.14. The predicted molar refractivity (Wildman–Crippen MR) is 64.4 cm³/mol. The highest BCUT2D eigenvalue weighted by molar-refractivity contribution is 6.34. The lowest BCUT2D eigenvalue weighted by atomic mass is 10.0. The number of aryl methyl sites for hydroxylation is 1. The molecule has 2 aromatic rings. The summed E-state index contributed by atoms with van der Waals surface area (Å²) in [5, 5.41) is 15.4. The fraction of sp³-hybridized carbons (Fsp3) is 0.364. The summed E-state index contributed by atoms with van der Waals surface area (Å²) in [4.78, 5) is 0. The Morgan fingerprint density at radius 3 is 3.00 bits per heavy atom. The van der Waals surface area contributed by atoms with Gasteiger partial charge in [0.25, 0.3) is 0 Å². The van der Waals surface area contributed by atoms with Crippen molar-refractivity contribution in [1.29, 1.82) is 0 Å². The number of aliphatic hydroxyl groups excluding tert-OH is 1. The van der Waals surface area contributed by atoms with Crippen molar-refractivity contribution in [1.82, 2.24) is 9.78 Å². The number of hydrogen-bond acceptors (Lipinski definition) is 3. The van der Waals surface area contributed by atoms with Gasteiger partial charge in [-0.25, -0.2) is 0 Å². The minimum absolute atomic E-state index is 0.448. The third kappa shape index (κ3) is 1.80. The van der Waals surface area contributed by atoms with E-state index < -0.39 is 6.10 Å². The second-order valence-corrected chi connectivity index (χ2v) is 4.11. The summed E-state index contributed by atoms with van der Waals surface area (Å²) in [6.45, 7) is 0.448. The van der Waals surface area contributed by atoms with E-state index in [0.29, 0.717) is 18.1 Å². The second kappa shape index (κ2) is 4.41. The van der Waals surface area contributed by atoms with E-state index in [1.54, 1.807) is 4.68 Å². The second-order valence-electron chi connectivity index (χ2n) is 3.75. The fourth-order valence-electron chi connectivity index (χ4n) is 1.91. The molecule has 0 spiro atoms. The van der Waals surface area contributed by atoms with Gasteiger partial charge in [0.05, 0.1) is 11.6 Å². The van der Waals surface area contributed by atoms with E-state index in [4.69, 9.17) is 17.3 Å². The molecule has 1 atom stereocenters.